The fourth-order valence-electron chi connectivity index (χ4n) is 0.522. The van der Waals surface area contributed by atoms with Crippen LogP contribution in [0.4, 0.5) is 0 Å². The van der Waals surface area contributed by atoms with E-state index < -0.39 is 8.91 Å². The third-order valence-electron chi connectivity index (χ3n) is 1.12. The lowest BCUT2D eigenvalue weighted by Crippen LogP contribution is -2.55. The Morgan fingerprint density at radius 3 is 2.09 bits per heavy atom. The van der Waals surface area contributed by atoms with Gasteiger partial charge in [0.15, 0.2) is 0 Å². The zero-order valence-electron chi connectivity index (χ0n) is 4.99. The summed E-state index contributed by atoms with van der Waals surface area (Å²) in [6, 6.07) is 0. The standard InChI is InChI=1S/C4H3Cl5N2/c5-3(6)4(7,8)11(9)2-1-10-3/h1-2,10H. The minimum Gasteiger partial charge on any atom is -0.355 e. The van der Waals surface area contributed by atoms with Crippen LogP contribution >= 0.6 is 58.2 Å². The van der Waals surface area contributed by atoms with Crippen LogP contribution in [0.3, 0.4) is 0 Å². The first kappa shape index (κ1) is 9.87. The molecule has 11 heavy (non-hydrogen) atoms. The summed E-state index contributed by atoms with van der Waals surface area (Å²) in [5, 5.41) is 2.54. The molecule has 0 aliphatic carbocycles. The van der Waals surface area contributed by atoms with Crippen LogP contribution in [-0.4, -0.2) is 13.3 Å². The SMILES string of the molecule is ClN1C=CNC(Cl)(Cl)C1(Cl)Cl. The van der Waals surface area contributed by atoms with Crippen molar-refractivity contribution >= 4 is 58.2 Å². The molecule has 7 heteroatoms. The summed E-state index contributed by atoms with van der Waals surface area (Å²) >= 11 is 28.3. The molecule has 1 aliphatic rings. The Bertz CT molecular complexity index is 189. The summed E-state index contributed by atoms with van der Waals surface area (Å²) < 4.78 is -2.13. The van der Waals surface area contributed by atoms with Gasteiger partial charge in [-0.3, -0.25) is 4.42 Å². The van der Waals surface area contributed by atoms with Gasteiger partial charge in [-0.2, -0.15) is 0 Å². The van der Waals surface area contributed by atoms with E-state index in [2.05, 4.69) is 5.32 Å². The number of nitrogens with one attached hydrogen (secondary N) is 1. The number of rotatable bonds is 0. The lowest BCUT2D eigenvalue weighted by Gasteiger charge is -2.39. The first-order chi connectivity index (χ1) is 4.88. The summed E-state index contributed by atoms with van der Waals surface area (Å²) in [6.45, 7) is 0. The van der Waals surface area contributed by atoms with Gasteiger partial charge in [-0.1, -0.05) is 46.4 Å². The van der Waals surface area contributed by atoms with Crippen LogP contribution in [0, 0.1) is 0 Å². The number of alkyl halides is 4. The quantitative estimate of drug-likeness (QED) is 0.407. The van der Waals surface area contributed by atoms with Crippen molar-refractivity contribution in [2.45, 2.75) is 8.91 Å². The third kappa shape index (κ3) is 1.61. The summed E-state index contributed by atoms with van der Waals surface area (Å²) in [7, 11) is 0. The summed E-state index contributed by atoms with van der Waals surface area (Å²) in [5.41, 5.74) is 0. The minimum absolute atomic E-state index is 0.979. The molecule has 0 saturated heterocycles. The smallest absolute Gasteiger partial charge is 0.255 e. The van der Waals surface area contributed by atoms with Gasteiger partial charge in [-0.05, 0) is 0 Å². The lowest BCUT2D eigenvalue weighted by atomic mass is 10.5. The molecule has 0 unspecified atom stereocenters. The molecule has 2 nitrogen and oxygen atoms in total. The molecule has 0 spiro atoms. The molecule has 0 aromatic rings. The van der Waals surface area contributed by atoms with E-state index in [0.717, 1.165) is 4.42 Å². The molecule has 0 aromatic heterocycles. The first-order valence-electron chi connectivity index (χ1n) is 2.53. The molecular formula is C4H3Cl5N2. The predicted molar refractivity (Wildman–Crippen MR) is 48.8 cm³/mol. The van der Waals surface area contributed by atoms with Gasteiger partial charge in [-0.15, -0.1) is 0 Å². The van der Waals surface area contributed by atoms with Gasteiger partial charge >= 0.3 is 0 Å². The zero-order chi connectivity index (χ0) is 8.70. The number of hydrogen-bond donors (Lipinski definition) is 1. The second kappa shape index (κ2) is 2.93. The predicted octanol–water partition coefficient (Wildman–Crippen LogP) is 2.78. The Morgan fingerprint density at radius 1 is 1.18 bits per heavy atom. The van der Waals surface area contributed by atoms with Crippen molar-refractivity contribution < 1.29 is 0 Å². The molecule has 1 aliphatic heterocycles. The Labute approximate surface area is 89.1 Å². The van der Waals surface area contributed by atoms with Crippen molar-refractivity contribution in [2.24, 2.45) is 0 Å². The molecule has 1 rings (SSSR count). The fourth-order valence-corrected chi connectivity index (χ4v) is 1.32. The highest BCUT2D eigenvalue weighted by molar-refractivity contribution is 6.63. The summed E-state index contributed by atoms with van der Waals surface area (Å²) in [4.78, 5) is 0. The second-order valence-corrected chi connectivity index (χ2v) is 4.87. The van der Waals surface area contributed by atoms with E-state index >= 15 is 0 Å². The van der Waals surface area contributed by atoms with Crippen molar-refractivity contribution in [1.29, 1.82) is 0 Å². The molecule has 0 amide bonds. The van der Waals surface area contributed by atoms with Crippen LogP contribution in [0.15, 0.2) is 12.4 Å². The molecule has 0 saturated carbocycles. The molecule has 1 N–H and O–H groups in total. The van der Waals surface area contributed by atoms with E-state index in [9.17, 15) is 0 Å². The maximum Gasteiger partial charge on any atom is 0.255 e. The van der Waals surface area contributed by atoms with Crippen molar-refractivity contribution in [3.63, 3.8) is 0 Å². The summed E-state index contributed by atoms with van der Waals surface area (Å²) in [5.74, 6) is 0. The maximum atomic E-state index is 5.70. The van der Waals surface area contributed by atoms with E-state index in [1.54, 1.807) is 0 Å². The van der Waals surface area contributed by atoms with E-state index in [4.69, 9.17) is 58.2 Å². The fraction of sp³-hybridized carbons (Fsp3) is 0.500. The molecule has 0 radical (unpaired) electrons. The largest absolute Gasteiger partial charge is 0.355 e. The zero-order valence-corrected chi connectivity index (χ0v) is 8.77. The highest BCUT2D eigenvalue weighted by atomic mass is 35.5. The summed E-state index contributed by atoms with van der Waals surface area (Å²) in [6.07, 6.45) is 2.85. The molecule has 64 valence electrons. The van der Waals surface area contributed by atoms with Gasteiger partial charge in [0.2, 0.25) is 4.46 Å². The molecule has 0 aromatic carbocycles. The molecule has 1 heterocycles. The van der Waals surface area contributed by atoms with E-state index in [-0.39, 0.29) is 0 Å². The van der Waals surface area contributed by atoms with Crippen LogP contribution in [-0.2, 0) is 0 Å². The second-order valence-electron chi connectivity index (χ2n) is 1.89. The normalized spacial score (nSPS) is 26.5. The Balaban J connectivity index is 2.96. The van der Waals surface area contributed by atoms with Gasteiger partial charge in [-0.25, -0.2) is 0 Å². The van der Waals surface area contributed by atoms with Crippen molar-refractivity contribution in [3.05, 3.63) is 12.4 Å². The monoisotopic (exact) mass is 254 g/mol. The Morgan fingerprint density at radius 2 is 1.73 bits per heavy atom. The van der Waals surface area contributed by atoms with Gasteiger partial charge in [0.25, 0.3) is 4.46 Å². The number of hydrogen-bond acceptors (Lipinski definition) is 2. The minimum atomic E-state index is -1.59. The average molecular weight is 256 g/mol. The van der Waals surface area contributed by atoms with Gasteiger partial charge in [0.05, 0.1) is 0 Å². The van der Waals surface area contributed by atoms with Crippen molar-refractivity contribution in [2.75, 3.05) is 0 Å². The maximum absolute atomic E-state index is 5.70. The first-order valence-corrected chi connectivity index (χ1v) is 4.38. The topological polar surface area (TPSA) is 15.3 Å². The van der Waals surface area contributed by atoms with Gasteiger partial charge < -0.3 is 5.32 Å². The molecule has 0 atom stereocenters. The average Bonchev–Trinajstić information content (AvgIpc) is 1.84. The van der Waals surface area contributed by atoms with Crippen LogP contribution in [0.25, 0.3) is 0 Å². The van der Waals surface area contributed by atoms with E-state index in [1.165, 1.54) is 12.4 Å². The molecule has 0 fully saturated rings. The third-order valence-corrected chi connectivity index (χ3v) is 3.74. The van der Waals surface area contributed by atoms with Crippen LogP contribution in [0.2, 0.25) is 0 Å². The number of halogens is 5. The van der Waals surface area contributed by atoms with E-state index in [1.807, 2.05) is 0 Å². The van der Waals surface area contributed by atoms with Crippen molar-refractivity contribution in [3.8, 4) is 0 Å². The van der Waals surface area contributed by atoms with E-state index in [0.29, 0.717) is 0 Å². The van der Waals surface area contributed by atoms with Crippen molar-refractivity contribution in [1.82, 2.24) is 9.74 Å². The van der Waals surface area contributed by atoms with Crippen LogP contribution < -0.4 is 5.32 Å². The lowest BCUT2D eigenvalue weighted by molar-refractivity contribution is 0.396. The Hall–Kier alpha value is 0.790. The highest BCUT2D eigenvalue weighted by Gasteiger charge is 2.52. The highest BCUT2D eigenvalue weighted by Crippen LogP contribution is 2.46. The van der Waals surface area contributed by atoms with Gasteiger partial charge in [0.1, 0.15) is 0 Å². The van der Waals surface area contributed by atoms with Crippen LogP contribution in [0.1, 0.15) is 0 Å². The Kier molecular flexibility index (Phi) is 2.63. The molecule has 0 bridgehead atoms. The van der Waals surface area contributed by atoms with Crippen LogP contribution in [0.5, 0.6) is 0 Å². The van der Waals surface area contributed by atoms with Gasteiger partial charge in [0, 0.05) is 24.2 Å². The number of nitrogens with zero attached hydrogens (tertiary/aromatic N) is 1. The molecular weight excluding hydrogens is 253 g/mol.